The fourth-order valence-electron chi connectivity index (χ4n) is 1.53. The highest BCUT2D eigenvalue weighted by Crippen LogP contribution is 2.55. The van der Waals surface area contributed by atoms with Crippen LogP contribution in [0.15, 0.2) is 18.2 Å². The van der Waals surface area contributed by atoms with Gasteiger partial charge in [0.1, 0.15) is 5.02 Å². The summed E-state index contributed by atoms with van der Waals surface area (Å²) in [5.74, 6) is -14.8. The van der Waals surface area contributed by atoms with Crippen molar-refractivity contribution < 1.29 is 57.0 Å². The molecule has 1 aromatic rings. The van der Waals surface area contributed by atoms with Gasteiger partial charge in [0.25, 0.3) is 5.69 Å². The highest BCUT2D eigenvalue weighted by atomic mass is 35.5. The first kappa shape index (κ1) is 24.2. The Morgan fingerprint density at radius 3 is 1.89 bits per heavy atom. The van der Waals surface area contributed by atoms with Gasteiger partial charge < -0.3 is 0 Å². The van der Waals surface area contributed by atoms with E-state index < -0.39 is 61.2 Å². The number of hydrogen-bond acceptors (Lipinski definition) is 5. The average Bonchev–Trinajstić information content (AvgIpc) is 2.51. The van der Waals surface area contributed by atoms with Gasteiger partial charge in [-0.1, -0.05) is 11.6 Å². The molecule has 160 valence electrons. The SMILES string of the molecule is O=[N+]([O-])c1ccc(COS(=O)(=O)C(F)(F)C(F)(F)C(F)(F)C(F)(F)F)cc1Cl. The standard InChI is InChI=1S/C11H5ClF9NO5S/c12-6-3-5(1-2-7(6)22(23)24)4-27-28(25,26)11(20,21)9(15,16)8(13,14)10(17,18)19/h1-3H,4H2. The Morgan fingerprint density at radius 2 is 1.50 bits per heavy atom. The van der Waals surface area contributed by atoms with Gasteiger partial charge in [0.2, 0.25) is 0 Å². The maximum atomic E-state index is 13.4. The molecule has 1 aromatic carbocycles. The van der Waals surface area contributed by atoms with Gasteiger partial charge in [0.15, 0.2) is 0 Å². The monoisotopic (exact) mass is 469 g/mol. The smallest absolute Gasteiger partial charge is 0.261 e. The van der Waals surface area contributed by atoms with Crippen LogP contribution in [-0.2, 0) is 20.9 Å². The molecule has 0 aliphatic carbocycles. The Labute approximate surface area is 154 Å². The van der Waals surface area contributed by atoms with E-state index in [9.17, 15) is 58.0 Å². The number of rotatable bonds is 7. The molecule has 0 unspecified atom stereocenters. The number of nitro benzene ring substituents is 1. The molecule has 0 spiro atoms. The predicted octanol–water partition coefficient (Wildman–Crippen LogP) is 4.52. The van der Waals surface area contributed by atoms with Crippen LogP contribution in [0.3, 0.4) is 0 Å². The van der Waals surface area contributed by atoms with Crippen molar-refractivity contribution in [1.29, 1.82) is 0 Å². The second-order valence-corrected chi connectivity index (χ2v) is 6.99. The fraction of sp³-hybridized carbons (Fsp3) is 0.455. The molecule has 0 aromatic heterocycles. The number of benzene rings is 1. The van der Waals surface area contributed by atoms with Gasteiger partial charge >= 0.3 is 33.4 Å². The lowest BCUT2D eigenvalue weighted by atomic mass is 10.1. The van der Waals surface area contributed by atoms with E-state index >= 15 is 0 Å². The van der Waals surface area contributed by atoms with Crippen molar-refractivity contribution >= 4 is 27.4 Å². The number of nitro groups is 1. The summed E-state index contributed by atoms with van der Waals surface area (Å²) in [4.78, 5) is 9.51. The van der Waals surface area contributed by atoms with E-state index in [1.807, 2.05) is 0 Å². The second-order valence-electron chi connectivity index (χ2n) is 4.92. The third-order valence-corrected chi connectivity index (χ3v) is 4.63. The molecule has 28 heavy (non-hydrogen) atoms. The first-order valence-corrected chi connectivity index (χ1v) is 8.10. The van der Waals surface area contributed by atoms with E-state index in [1.54, 1.807) is 0 Å². The maximum absolute atomic E-state index is 13.4. The molecule has 0 aliphatic rings. The quantitative estimate of drug-likeness (QED) is 0.254. The lowest BCUT2D eigenvalue weighted by Gasteiger charge is -2.32. The Kier molecular flexibility index (Phi) is 6.25. The zero-order valence-corrected chi connectivity index (χ0v) is 14.2. The molecular formula is C11H5ClF9NO5S. The first-order valence-electron chi connectivity index (χ1n) is 6.31. The van der Waals surface area contributed by atoms with E-state index in [0.717, 1.165) is 0 Å². The van der Waals surface area contributed by atoms with Crippen LogP contribution >= 0.6 is 11.6 Å². The highest BCUT2D eigenvalue weighted by Gasteiger charge is 2.85. The number of alkyl halides is 9. The van der Waals surface area contributed by atoms with E-state index in [1.165, 1.54) is 0 Å². The minimum absolute atomic E-state index is 0.541. The van der Waals surface area contributed by atoms with Crippen LogP contribution in [0, 0.1) is 10.1 Å². The summed E-state index contributed by atoms with van der Waals surface area (Å²) in [7, 11) is -7.04. The molecular weight excluding hydrogens is 465 g/mol. The van der Waals surface area contributed by atoms with E-state index in [0.29, 0.717) is 18.2 Å². The number of hydrogen-bond donors (Lipinski definition) is 0. The molecule has 0 N–H and O–H groups in total. The largest absolute Gasteiger partial charge is 0.460 e. The predicted molar refractivity (Wildman–Crippen MR) is 72.7 cm³/mol. The molecule has 0 saturated carbocycles. The first-order chi connectivity index (χ1) is 12.3. The van der Waals surface area contributed by atoms with Crippen molar-refractivity contribution in [1.82, 2.24) is 0 Å². The molecule has 0 amide bonds. The molecule has 0 fully saturated rings. The van der Waals surface area contributed by atoms with Crippen LogP contribution in [-0.4, -0.2) is 36.6 Å². The van der Waals surface area contributed by atoms with Gasteiger partial charge in [-0.05, 0) is 17.7 Å². The molecule has 0 atom stereocenters. The van der Waals surface area contributed by atoms with E-state index in [4.69, 9.17) is 11.6 Å². The van der Waals surface area contributed by atoms with Gasteiger partial charge in [-0.15, -0.1) is 0 Å². The van der Waals surface area contributed by atoms with Crippen molar-refractivity contribution in [3.8, 4) is 0 Å². The van der Waals surface area contributed by atoms with Crippen LogP contribution < -0.4 is 0 Å². The fourth-order valence-corrected chi connectivity index (χ4v) is 2.68. The average molecular weight is 470 g/mol. The summed E-state index contributed by atoms with van der Waals surface area (Å²) in [5, 5.41) is 2.86. The minimum atomic E-state index is -7.43. The minimum Gasteiger partial charge on any atom is -0.261 e. The molecule has 6 nitrogen and oxygen atoms in total. The van der Waals surface area contributed by atoms with Crippen molar-refractivity contribution in [3.63, 3.8) is 0 Å². The summed E-state index contributed by atoms with van der Waals surface area (Å²) in [5.41, 5.74) is -1.27. The Morgan fingerprint density at radius 1 is 1.00 bits per heavy atom. The molecule has 0 heterocycles. The summed E-state index contributed by atoms with van der Waals surface area (Å²) in [6, 6.07) is 1.91. The number of nitrogens with zero attached hydrogens (tertiary/aromatic N) is 1. The van der Waals surface area contributed by atoms with Gasteiger partial charge in [-0.2, -0.15) is 47.9 Å². The van der Waals surface area contributed by atoms with Crippen molar-refractivity contribution in [3.05, 3.63) is 38.9 Å². The van der Waals surface area contributed by atoms with Crippen LogP contribution in [0.2, 0.25) is 5.02 Å². The molecule has 0 bridgehead atoms. The van der Waals surface area contributed by atoms with Gasteiger partial charge in [0, 0.05) is 6.07 Å². The highest BCUT2D eigenvalue weighted by molar-refractivity contribution is 7.87. The second kappa shape index (κ2) is 7.22. The molecule has 0 saturated heterocycles. The Bertz CT molecular complexity index is 872. The van der Waals surface area contributed by atoms with Crippen LogP contribution in [0.4, 0.5) is 45.2 Å². The molecule has 0 aliphatic heterocycles. The van der Waals surface area contributed by atoms with E-state index in [2.05, 4.69) is 4.18 Å². The summed E-state index contributed by atoms with van der Waals surface area (Å²) in [6.45, 7) is -1.58. The molecule has 1 rings (SSSR count). The van der Waals surface area contributed by atoms with E-state index in [-0.39, 0.29) is 0 Å². The number of halogens is 10. The maximum Gasteiger partial charge on any atom is 0.460 e. The third kappa shape index (κ3) is 3.98. The topological polar surface area (TPSA) is 86.5 Å². The van der Waals surface area contributed by atoms with Gasteiger partial charge in [-0.3, -0.25) is 14.3 Å². The summed E-state index contributed by atoms with van der Waals surface area (Å²) < 4.78 is 140. The summed E-state index contributed by atoms with van der Waals surface area (Å²) in [6.07, 6.45) is -7.21. The van der Waals surface area contributed by atoms with Crippen molar-refractivity contribution in [2.75, 3.05) is 0 Å². The van der Waals surface area contributed by atoms with Gasteiger partial charge in [-0.25, -0.2) is 0 Å². The lowest BCUT2D eigenvalue weighted by molar-refractivity contribution is -0.384. The lowest BCUT2D eigenvalue weighted by Crippen LogP contribution is -2.63. The normalized spacial score (nSPS) is 14.2. The zero-order chi connectivity index (χ0) is 22.3. The molecule has 17 heteroatoms. The Hall–Kier alpha value is -1.81. The van der Waals surface area contributed by atoms with Crippen molar-refractivity contribution in [2.24, 2.45) is 0 Å². The van der Waals surface area contributed by atoms with Crippen LogP contribution in [0.1, 0.15) is 5.56 Å². The van der Waals surface area contributed by atoms with Gasteiger partial charge in [0.05, 0.1) is 11.5 Å². The Balaban J connectivity index is 3.18. The summed E-state index contributed by atoms with van der Waals surface area (Å²) >= 11 is 5.41. The third-order valence-electron chi connectivity index (χ3n) is 3.02. The van der Waals surface area contributed by atoms with Crippen LogP contribution in [0.5, 0.6) is 0 Å². The van der Waals surface area contributed by atoms with Crippen molar-refractivity contribution in [2.45, 2.75) is 29.9 Å². The molecule has 0 radical (unpaired) electrons. The van der Waals surface area contributed by atoms with Crippen LogP contribution in [0.25, 0.3) is 0 Å². The zero-order valence-electron chi connectivity index (χ0n) is 12.6.